The Morgan fingerprint density at radius 3 is 2.61 bits per heavy atom. The third-order valence-electron chi connectivity index (χ3n) is 4.08. The highest BCUT2D eigenvalue weighted by atomic mass is 32.2. The van der Waals surface area contributed by atoms with Crippen molar-refractivity contribution in [2.75, 3.05) is 36.8 Å². The summed E-state index contributed by atoms with van der Waals surface area (Å²) in [5.41, 5.74) is 8.06. The van der Waals surface area contributed by atoms with Gasteiger partial charge in [-0.1, -0.05) is 13.3 Å². The number of hydrogen-bond acceptors (Lipinski definition) is 6. The van der Waals surface area contributed by atoms with Crippen molar-refractivity contribution in [3.63, 3.8) is 0 Å². The Kier molecular flexibility index (Phi) is 4.45. The fourth-order valence-electron chi connectivity index (χ4n) is 2.93. The van der Waals surface area contributed by atoms with E-state index in [-0.39, 0.29) is 0 Å². The second-order valence-electron chi connectivity index (χ2n) is 5.69. The number of hydrogen-bond donors (Lipinski definition) is 2. The van der Waals surface area contributed by atoms with Crippen molar-refractivity contribution < 1.29 is 8.42 Å². The Morgan fingerprint density at radius 1 is 1.30 bits per heavy atom. The fraction of sp³-hybridized carbons (Fsp3) is 0.500. The van der Waals surface area contributed by atoms with Gasteiger partial charge in [0.15, 0.2) is 0 Å². The lowest BCUT2D eigenvalue weighted by Crippen LogP contribution is -2.50. The molecule has 0 bridgehead atoms. The number of rotatable bonds is 4. The molecule has 4 N–H and O–H groups in total. The van der Waals surface area contributed by atoms with Crippen molar-refractivity contribution in [2.45, 2.75) is 19.8 Å². The summed E-state index contributed by atoms with van der Waals surface area (Å²) in [6, 6.07) is 2.08. The average Bonchev–Trinajstić information content (AvgIpc) is 2.88. The van der Waals surface area contributed by atoms with Gasteiger partial charge in [-0.15, -0.1) is 11.3 Å². The third kappa shape index (κ3) is 3.27. The molecule has 0 aliphatic carbocycles. The summed E-state index contributed by atoms with van der Waals surface area (Å²) in [5, 5.41) is 8.18. The molecule has 0 radical (unpaired) electrons. The van der Waals surface area contributed by atoms with Crippen LogP contribution >= 0.6 is 11.3 Å². The number of nitrogens with two attached hydrogens (primary N) is 2. The Bertz CT molecular complexity index is 810. The molecular weight excluding hydrogens is 334 g/mol. The Hall–Kier alpha value is -1.42. The van der Waals surface area contributed by atoms with Crippen molar-refractivity contribution in [3.05, 3.63) is 17.0 Å². The van der Waals surface area contributed by atoms with E-state index in [1.165, 1.54) is 9.87 Å². The van der Waals surface area contributed by atoms with Crippen LogP contribution in [0.5, 0.6) is 0 Å². The van der Waals surface area contributed by atoms with Gasteiger partial charge >= 0.3 is 0 Å². The van der Waals surface area contributed by atoms with E-state index in [4.69, 9.17) is 15.9 Å². The summed E-state index contributed by atoms with van der Waals surface area (Å²) >= 11 is 1.55. The van der Waals surface area contributed by atoms with Gasteiger partial charge < -0.3 is 10.6 Å². The summed E-state index contributed by atoms with van der Waals surface area (Å²) in [6.45, 7) is 4.07. The first-order valence-corrected chi connectivity index (χ1v) is 9.98. The third-order valence-corrected chi connectivity index (χ3v) is 6.06. The van der Waals surface area contributed by atoms with Crippen molar-refractivity contribution in [1.82, 2.24) is 9.29 Å². The minimum Gasteiger partial charge on any atom is -0.397 e. The summed E-state index contributed by atoms with van der Waals surface area (Å²) in [4.78, 5) is 7.76. The van der Waals surface area contributed by atoms with Crippen molar-refractivity contribution >= 4 is 43.3 Å². The molecule has 1 fully saturated rings. The highest BCUT2D eigenvalue weighted by molar-refractivity contribution is 7.86. The zero-order chi connectivity index (χ0) is 16.6. The van der Waals surface area contributed by atoms with E-state index >= 15 is 0 Å². The molecule has 0 atom stereocenters. The first kappa shape index (κ1) is 16.4. The normalized spacial score (nSPS) is 17.0. The van der Waals surface area contributed by atoms with E-state index in [2.05, 4.69) is 17.9 Å². The number of nitrogen functional groups attached to an aromatic ring is 1. The van der Waals surface area contributed by atoms with Gasteiger partial charge in [-0.3, -0.25) is 0 Å². The molecule has 0 amide bonds. The van der Waals surface area contributed by atoms with Crippen LogP contribution in [0.25, 0.3) is 10.2 Å². The first-order valence-electron chi connectivity index (χ1n) is 7.59. The van der Waals surface area contributed by atoms with Crippen LogP contribution in [-0.4, -0.2) is 43.9 Å². The molecule has 7 nitrogen and oxygen atoms in total. The van der Waals surface area contributed by atoms with Gasteiger partial charge in [0, 0.05) is 36.9 Å². The van der Waals surface area contributed by atoms with E-state index in [0.717, 1.165) is 34.6 Å². The topological polar surface area (TPSA) is 106 Å². The number of fused-ring (bicyclic) bond motifs is 1. The van der Waals surface area contributed by atoms with Gasteiger partial charge in [0.1, 0.15) is 10.6 Å². The van der Waals surface area contributed by atoms with E-state index in [1.807, 2.05) is 5.38 Å². The summed E-state index contributed by atoms with van der Waals surface area (Å²) < 4.78 is 24.1. The van der Waals surface area contributed by atoms with Crippen LogP contribution in [0.2, 0.25) is 0 Å². The second kappa shape index (κ2) is 6.23. The number of nitrogens with zero attached hydrogens (tertiary/aromatic N) is 3. The molecular formula is C14H21N5O2S2. The van der Waals surface area contributed by atoms with Crippen LogP contribution in [-0.2, 0) is 16.6 Å². The molecule has 9 heteroatoms. The lowest BCUT2D eigenvalue weighted by molar-refractivity contribution is 0.384. The molecule has 1 saturated heterocycles. The monoisotopic (exact) mass is 355 g/mol. The Morgan fingerprint density at radius 2 is 2.00 bits per heavy atom. The Labute approximate surface area is 140 Å². The van der Waals surface area contributed by atoms with E-state index in [0.29, 0.717) is 26.2 Å². The quantitative estimate of drug-likeness (QED) is 0.856. The van der Waals surface area contributed by atoms with Gasteiger partial charge in [0.25, 0.3) is 10.2 Å². The lowest BCUT2D eigenvalue weighted by atomic mass is 10.1. The highest BCUT2D eigenvalue weighted by Gasteiger charge is 2.25. The predicted molar refractivity (Wildman–Crippen MR) is 94.9 cm³/mol. The van der Waals surface area contributed by atoms with Crippen molar-refractivity contribution in [2.24, 2.45) is 5.14 Å². The smallest absolute Gasteiger partial charge is 0.277 e. The van der Waals surface area contributed by atoms with Crippen LogP contribution in [0.4, 0.5) is 11.5 Å². The molecule has 0 unspecified atom stereocenters. The largest absolute Gasteiger partial charge is 0.397 e. The SMILES string of the molecule is CCCc1cc(N2CCN(S(N)(=O)=O)CC2)nc2scc(N)c12. The number of anilines is 2. The maximum Gasteiger partial charge on any atom is 0.277 e. The maximum atomic E-state index is 11.4. The van der Waals surface area contributed by atoms with Crippen molar-refractivity contribution in [1.29, 1.82) is 0 Å². The van der Waals surface area contributed by atoms with Crippen LogP contribution in [0, 0.1) is 0 Å². The highest BCUT2D eigenvalue weighted by Crippen LogP contribution is 2.33. The van der Waals surface area contributed by atoms with Crippen LogP contribution in [0.15, 0.2) is 11.4 Å². The van der Waals surface area contributed by atoms with E-state index in [9.17, 15) is 8.42 Å². The fourth-order valence-corrected chi connectivity index (χ4v) is 4.47. The van der Waals surface area contributed by atoms with Gasteiger partial charge in [-0.25, -0.2) is 10.1 Å². The summed E-state index contributed by atoms with van der Waals surface area (Å²) in [6.07, 6.45) is 1.98. The molecule has 0 spiro atoms. The summed E-state index contributed by atoms with van der Waals surface area (Å²) in [7, 11) is -3.61. The average molecular weight is 355 g/mol. The number of aromatic nitrogens is 1. The van der Waals surface area contributed by atoms with E-state index in [1.54, 1.807) is 11.3 Å². The van der Waals surface area contributed by atoms with Crippen molar-refractivity contribution in [3.8, 4) is 0 Å². The zero-order valence-corrected chi connectivity index (χ0v) is 14.7. The number of aryl methyl sites for hydroxylation is 1. The number of thiophene rings is 1. The predicted octanol–water partition coefficient (Wildman–Crippen LogP) is 1.16. The minimum absolute atomic E-state index is 0.383. The molecule has 3 heterocycles. The standard InChI is InChI=1S/C14H21N5O2S2/c1-2-3-10-8-12(17-14-13(10)11(15)9-22-14)18-4-6-19(7-5-18)23(16,20)21/h8-9H,2-7,15H2,1H3,(H2,16,20,21). The van der Waals surface area contributed by atoms with E-state index < -0.39 is 10.2 Å². The first-order chi connectivity index (χ1) is 10.9. The van der Waals surface area contributed by atoms with Gasteiger partial charge in [0.2, 0.25) is 0 Å². The van der Waals surface area contributed by atoms with Gasteiger partial charge in [-0.05, 0) is 18.1 Å². The zero-order valence-electron chi connectivity index (χ0n) is 13.0. The lowest BCUT2D eigenvalue weighted by Gasteiger charge is -2.33. The summed E-state index contributed by atoms with van der Waals surface area (Å²) in [5.74, 6) is 0.886. The molecule has 3 rings (SSSR count). The van der Waals surface area contributed by atoms with Gasteiger partial charge in [-0.2, -0.15) is 12.7 Å². The number of pyridine rings is 1. The van der Waals surface area contributed by atoms with Crippen LogP contribution in [0.1, 0.15) is 18.9 Å². The minimum atomic E-state index is -3.61. The molecule has 0 aromatic carbocycles. The molecule has 1 aliphatic heterocycles. The molecule has 1 aliphatic rings. The van der Waals surface area contributed by atoms with Gasteiger partial charge in [0.05, 0.1) is 5.69 Å². The molecule has 2 aromatic rings. The Balaban J connectivity index is 1.89. The molecule has 23 heavy (non-hydrogen) atoms. The molecule has 2 aromatic heterocycles. The maximum absolute atomic E-state index is 11.4. The van der Waals surface area contributed by atoms with Crippen LogP contribution < -0.4 is 15.8 Å². The molecule has 0 saturated carbocycles. The second-order valence-corrected chi connectivity index (χ2v) is 8.10. The molecule has 126 valence electrons. The number of piperazine rings is 1. The van der Waals surface area contributed by atoms with Crippen LogP contribution in [0.3, 0.4) is 0 Å².